The summed E-state index contributed by atoms with van der Waals surface area (Å²) in [6, 6.07) is 12.1. The van der Waals surface area contributed by atoms with E-state index in [4.69, 9.17) is 4.74 Å². The van der Waals surface area contributed by atoms with Crippen molar-refractivity contribution in [3.05, 3.63) is 65.2 Å². The largest absolute Gasteiger partial charge is 0.465 e. The second kappa shape index (κ2) is 8.11. The van der Waals surface area contributed by atoms with Gasteiger partial charge in [-0.25, -0.2) is 22.3 Å². The summed E-state index contributed by atoms with van der Waals surface area (Å²) < 4.78 is 35.2. The third-order valence-electron chi connectivity index (χ3n) is 3.57. The fourth-order valence-corrected chi connectivity index (χ4v) is 3.08. The van der Waals surface area contributed by atoms with Gasteiger partial charge in [0.25, 0.3) is 0 Å². The monoisotopic (exact) mass is 377 g/mol. The van der Waals surface area contributed by atoms with Crippen molar-refractivity contribution < 1.29 is 27.5 Å². The summed E-state index contributed by atoms with van der Waals surface area (Å²) >= 11 is 0. The van der Waals surface area contributed by atoms with Crippen molar-refractivity contribution in [1.29, 1.82) is 0 Å². The molecule has 0 aliphatic rings. The van der Waals surface area contributed by atoms with Crippen LogP contribution in [0.25, 0.3) is 0 Å². The highest BCUT2D eigenvalue weighted by molar-refractivity contribution is 7.89. The molecule has 7 nitrogen and oxygen atoms in total. The molecule has 0 amide bonds. The van der Waals surface area contributed by atoms with Gasteiger partial charge in [0, 0.05) is 14.1 Å². The number of methoxy groups -OCH3 is 1. The number of rotatable bonds is 6. The molecular formula is C18H19NO6S. The van der Waals surface area contributed by atoms with Crippen LogP contribution in [0.1, 0.15) is 26.3 Å². The van der Waals surface area contributed by atoms with Gasteiger partial charge in [-0.3, -0.25) is 0 Å². The summed E-state index contributed by atoms with van der Waals surface area (Å²) in [4.78, 5) is 23.7. The second-order valence-corrected chi connectivity index (χ2v) is 7.74. The van der Waals surface area contributed by atoms with Crippen molar-refractivity contribution in [2.75, 3.05) is 21.2 Å². The fourth-order valence-electron chi connectivity index (χ4n) is 2.13. The molecular weight excluding hydrogens is 358 g/mol. The first-order valence-electron chi connectivity index (χ1n) is 7.62. The molecule has 0 aliphatic carbocycles. The Balaban J connectivity index is 2.13. The van der Waals surface area contributed by atoms with Crippen molar-refractivity contribution >= 4 is 22.0 Å². The number of nitrogens with zero attached hydrogens (tertiary/aromatic N) is 1. The van der Waals surface area contributed by atoms with Crippen LogP contribution in [0, 0.1) is 0 Å². The SMILES string of the molecule is COC(=O)c1cccc(COC(=O)c2cccc(S(=O)(=O)N(C)C)c2)c1. The Labute approximate surface area is 152 Å². The standard InChI is InChI=1S/C18H19NO6S/c1-19(2)26(22,23)16-9-5-8-15(11-16)18(21)25-12-13-6-4-7-14(10-13)17(20)24-3/h4-11H,12H2,1-3H3. The minimum atomic E-state index is -3.64. The molecule has 0 saturated carbocycles. The molecule has 0 aromatic heterocycles. The lowest BCUT2D eigenvalue weighted by molar-refractivity contribution is 0.0472. The Morgan fingerprint density at radius 1 is 0.962 bits per heavy atom. The highest BCUT2D eigenvalue weighted by Crippen LogP contribution is 2.16. The summed E-state index contributed by atoms with van der Waals surface area (Å²) in [5.74, 6) is -1.15. The summed E-state index contributed by atoms with van der Waals surface area (Å²) in [6.07, 6.45) is 0. The lowest BCUT2D eigenvalue weighted by atomic mass is 10.1. The van der Waals surface area contributed by atoms with Gasteiger partial charge in [-0.05, 0) is 35.9 Å². The molecule has 26 heavy (non-hydrogen) atoms. The van der Waals surface area contributed by atoms with E-state index in [1.165, 1.54) is 45.5 Å². The van der Waals surface area contributed by atoms with Gasteiger partial charge < -0.3 is 9.47 Å². The number of ether oxygens (including phenoxy) is 2. The molecule has 138 valence electrons. The molecule has 0 aliphatic heterocycles. The molecule has 0 fully saturated rings. The van der Waals surface area contributed by atoms with E-state index in [1.807, 2.05) is 0 Å². The summed E-state index contributed by atoms with van der Waals surface area (Å²) in [6.45, 7) is -0.0612. The lowest BCUT2D eigenvalue weighted by Gasteiger charge is -2.12. The van der Waals surface area contributed by atoms with Gasteiger partial charge in [0.2, 0.25) is 10.0 Å². The Bertz CT molecular complexity index is 921. The zero-order valence-corrected chi connectivity index (χ0v) is 15.4. The molecule has 0 unspecified atom stereocenters. The zero-order valence-electron chi connectivity index (χ0n) is 14.6. The molecule has 0 spiro atoms. The third-order valence-corrected chi connectivity index (χ3v) is 5.38. The highest BCUT2D eigenvalue weighted by Gasteiger charge is 2.19. The van der Waals surface area contributed by atoms with Gasteiger partial charge in [-0.2, -0.15) is 0 Å². The average Bonchev–Trinajstić information content (AvgIpc) is 2.65. The maximum absolute atomic E-state index is 12.2. The second-order valence-electron chi connectivity index (χ2n) is 5.58. The van der Waals surface area contributed by atoms with E-state index in [2.05, 4.69) is 4.74 Å². The van der Waals surface area contributed by atoms with E-state index in [0.29, 0.717) is 11.1 Å². The summed E-state index contributed by atoms with van der Waals surface area (Å²) in [5, 5.41) is 0. The summed E-state index contributed by atoms with van der Waals surface area (Å²) in [5.41, 5.74) is 1.08. The molecule has 8 heteroatoms. The van der Waals surface area contributed by atoms with E-state index in [1.54, 1.807) is 24.3 Å². The summed E-state index contributed by atoms with van der Waals surface area (Å²) in [7, 11) is 0.460. The van der Waals surface area contributed by atoms with Crippen LogP contribution < -0.4 is 0 Å². The number of carbonyl (C=O) groups excluding carboxylic acids is 2. The van der Waals surface area contributed by atoms with Crippen LogP contribution in [-0.4, -0.2) is 45.9 Å². The van der Waals surface area contributed by atoms with E-state index >= 15 is 0 Å². The molecule has 2 rings (SSSR count). The smallest absolute Gasteiger partial charge is 0.338 e. The predicted molar refractivity (Wildman–Crippen MR) is 94.2 cm³/mol. The van der Waals surface area contributed by atoms with Gasteiger partial charge >= 0.3 is 11.9 Å². The maximum Gasteiger partial charge on any atom is 0.338 e. The minimum absolute atomic E-state index is 0.00430. The fraction of sp³-hybridized carbons (Fsp3) is 0.222. The van der Waals surface area contributed by atoms with E-state index < -0.39 is 22.0 Å². The normalized spacial score (nSPS) is 11.2. The van der Waals surface area contributed by atoms with E-state index in [0.717, 1.165) is 4.31 Å². The average molecular weight is 377 g/mol. The predicted octanol–water partition coefficient (Wildman–Crippen LogP) is 2.08. The lowest BCUT2D eigenvalue weighted by Crippen LogP contribution is -2.22. The van der Waals surface area contributed by atoms with E-state index in [-0.39, 0.29) is 17.1 Å². The van der Waals surface area contributed by atoms with Crippen LogP contribution in [-0.2, 0) is 26.1 Å². The first-order valence-corrected chi connectivity index (χ1v) is 9.06. The molecule has 0 saturated heterocycles. The van der Waals surface area contributed by atoms with Crippen molar-refractivity contribution in [1.82, 2.24) is 4.31 Å². The first-order chi connectivity index (χ1) is 12.3. The van der Waals surface area contributed by atoms with Crippen molar-refractivity contribution in [2.45, 2.75) is 11.5 Å². The van der Waals surface area contributed by atoms with Crippen molar-refractivity contribution in [2.24, 2.45) is 0 Å². The Morgan fingerprint density at radius 3 is 2.19 bits per heavy atom. The Hall–Kier alpha value is -2.71. The minimum Gasteiger partial charge on any atom is -0.465 e. The number of sulfonamides is 1. The van der Waals surface area contributed by atoms with Gasteiger partial charge in [0.1, 0.15) is 6.61 Å². The van der Waals surface area contributed by atoms with Crippen LogP contribution >= 0.6 is 0 Å². The maximum atomic E-state index is 12.2. The van der Waals surface area contributed by atoms with Crippen LogP contribution in [0.15, 0.2) is 53.4 Å². The zero-order chi connectivity index (χ0) is 19.3. The van der Waals surface area contributed by atoms with Gasteiger partial charge in [-0.15, -0.1) is 0 Å². The number of hydrogen-bond acceptors (Lipinski definition) is 6. The molecule has 0 N–H and O–H groups in total. The van der Waals surface area contributed by atoms with E-state index in [9.17, 15) is 18.0 Å². The molecule has 2 aromatic carbocycles. The number of benzene rings is 2. The number of hydrogen-bond donors (Lipinski definition) is 0. The topological polar surface area (TPSA) is 90.0 Å². The van der Waals surface area contributed by atoms with Crippen LogP contribution in [0.4, 0.5) is 0 Å². The van der Waals surface area contributed by atoms with Crippen LogP contribution in [0.2, 0.25) is 0 Å². The van der Waals surface area contributed by atoms with Gasteiger partial charge in [-0.1, -0.05) is 18.2 Å². The van der Waals surface area contributed by atoms with Crippen LogP contribution in [0.3, 0.4) is 0 Å². The third kappa shape index (κ3) is 4.47. The molecule has 0 bridgehead atoms. The van der Waals surface area contributed by atoms with Gasteiger partial charge in [0.05, 0.1) is 23.1 Å². The molecule has 0 atom stereocenters. The van der Waals surface area contributed by atoms with Crippen molar-refractivity contribution in [3.63, 3.8) is 0 Å². The van der Waals surface area contributed by atoms with Crippen LogP contribution in [0.5, 0.6) is 0 Å². The first kappa shape index (κ1) is 19.6. The van der Waals surface area contributed by atoms with Crippen molar-refractivity contribution in [3.8, 4) is 0 Å². The molecule has 0 heterocycles. The Morgan fingerprint density at radius 2 is 1.58 bits per heavy atom. The highest BCUT2D eigenvalue weighted by atomic mass is 32.2. The quantitative estimate of drug-likeness (QED) is 0.716. The number of carbonyl (C=O) groups is 2. The molecule has 0 radical (unpaired) electrons. The Kier molecular flexibility index (Phi) is 6.12. The van der Waals surface area contributed by atoms with Gasteiger partial charge in [0.15, 0.2) is 0 Å². The number of esters is 2. The molecule has 2 aromatic rings.